The number of halogens is 1. The van der Waals surface area contributed by atoms with Crippen molar-refractivity contribution >= 4 is 38.6 Å². The molecule has 0 saturated heterocycles. The lowest BCUT2D eigenvalue weighted by molar-refractivity contribution is 0.0297. The van der Waals surface area contributed by atoms with E-state index in [-0.39, 0.29) is 12.1 Å². The summed E-state index contributed by atoms with van der Waals surface area (Å²) in [7, 11) is 0. The maximum atomic E-state index is 5.99. The second-order valence-electron chi connectivity index (χ2n) is 3.81. The molecule has 2 heterocycles. The van der Waals surface area contributed by atoms with Crippen molar-refractivity contribution in [2.75, 3.05) is 0 Å². The van der Waals surface area contributed by atoms with E-state index in [0.717, 1.165) is 3.79 Å². The predicted molar refractivity (Wildman–Crippen MR) is 77.5 cm³/mol. The Labute approximate surface area is 118 Å². The molecule has 0 aromatic carbocycles. The Bertz CT molecular complexity index is 453. The zero-order valence-corrected chi connectivity index (χ0v) is 12.6. The van der Waals surface area contributed by atoms with Gasteiger partial charge in [-0.3, -0.25) is 0 Å². The maximum absolute atomic E-state index is 5.99. The number of nitrogens with two attached hydrogens (primary N) is 1. The van der Waals surface area contributed by atoms with Crippen LogP contribution in [-0.2, 0) is 11.3 Å². The SMILES string of the molecule is CC(N)C(OCc1cccs1)c1ccc(Br)s1. The third-order valence-electron chi connectivity index (χ3n) is 2.34. The van der Waals surface area contributed by atoms with Crippen molar-refractivity contribution in [2.45, 2.75) is 25.7 Å². The van der Waals surface area contributed by atoms with Crippen LogP contribution in [0, 0.1) is 0 Å². The molecular weight excluding hydrogens is 318 g/mol. The summed E-state index contributed by atoms with van der Waals surface area (Å²) >= 11 is 6.85. The first kappa shape index (κ1) is 13.2. The molecule has 0 saturated carbocycles. The van der Waals surface area contributed by atoms with Crippen LogP contribution in [0.4, 0.5) is 0 Å². The van der Waals surface area contributed by atoms with Gasteiger partial charge in [0.25, 0.3) is 0 Å². The molecule has 0 fully saturated rings. The Balaban J connectivity index is 2.03. The van der Waals surface area contributed by atoms with Crippen LogP contribution in [0.3, 0.4) is 0 Å². The van der Waals surface area contributed by atoms with Crippen molar-refractivity contribution in [1.82, 2.24) is 0 Å². The van der Waals surface area contributed by atoms with Gasteiger partial charge < -0.3 is 10.5 Å². The van der Waals surface area contributed by atoms with Gasteiger partial charge in [0, 0.05) is 15.8 Å². The lowest BCUT2D eigenvalue weighted by atomic mass is 10.1. The van der Waals surface area contributed by atoms with Crippen LogP contribution in [0.25, 0.3) is 0 Å². The Morgan fingerprint density at radius 2 is 2.24 bits per heavy atom. The lowest BCUT2D eigenvalue weighted by Gasteiger charge is -2.19. The lowest BCUT2D eigenvalue weighted by Crippen LogP contribution is -2.26. The topological polar surface area (TPSA) is 35.2 Å². The molecule has 2 aromatic rings. The molecule has 0 radical (unpaired) electrons. The highest BCUT2D eigenvalue weighted by molar-refractivity contribution is 9.11. The van der Waals surface area contributed by atoms with Crippen LogP contribution >= 0.6 is 38.6 Å². The van der Waals surface area contributed by atoms with E-state index in [9.17, 15) is 0 Å². The Morgan fingerprint density at radius 3 is 2.76 bits per heavy atom. The second-order valence-corrected chi connectivity index (χ2v) is 7.34. The molecule has 0 spiro atoms. The minimum atomic E-state index is -0.0339. The van der Waals surface area contributed by atoms with Crippen LogP contribution in [0.5, 0.6) is 0 Å². The molecule has 2 rings (SSSR count). The molecule has 17 heavy (non-hydrogen) atoms. The molecule has 0 bridgehead atoms. The van der Waals surface area contributed by atoms with Crippen LogP contribution < -0.4 is 5.73 Å². The summed E-state index contributed by atoms with van der Waals surface area (Å²) in [5.41, 5.74) is 5.99. The maximum Gasteiger partial charge on any atom is 0.107 e. The smallest absolute Gasteiger partial charge is 0.107 e. The van der Waals surface area contributed by atoms with E-state index in [1.807, 2.05) is 19.1 Å². The van der Waals surface area contributed by atoms with E-state index in [4.69, 9.17) is 10.5 Å². The van der Waals surface area contributed by atoms with E-state index in [1.54, 1.807) is 22.7 Å². The Morgan fingerprint density at radius 1 is 1.41 bits per heavy atom. The van der Waals surface area contributed by atoms with Gasteiger partial charge >= 0.3 is 0 Å². The van der Waals surface area contributed by atoms with E-state index in [1.165, 1.54) is 9.75 Å². The molecule has 0 aliphatic rings. The predicted octanol–water partition coefficient (Wildman–Crippen LogP) is 4.18. The summed E-state index contributed by atoms with van der Waals surface area (Å²) in [6, 6.07) is 8.20. The third-order valence-corrected chi connectivity index (χ3v) is 4.87. The molecule has 0 amide bonds. The summed E-state index contributed by atoms with van der Waals surface area (Å²) in [6.07, 6.45) is -0.0339. The first-order valence-corrected chi connectivity index (χ1v) is 7.80. The molecule has 2 atom stereocenters. The fraction of sp³-hybridized carbons (Fsp3) is 0.333. The molecule has 5 heteroatoms. The van der Waals surface area contributed by atoms with Gasteiger partial charge in [0.15, 0.2) is 0 Å². The summed E-state index contributed by atoms with van der Waals surface area (Å²) in [5, 5.41) is 2.06. The second kappa shape index (κ2) is 6.11. The minimum absolute atomic E-state index is 0.0134. The normalized spacial score (nSPS) is 14.8. The zero-order valence-electron chi connectivity index (χ0n) is 9.43. The summed E-state index contributed by atoms with van der Waals surface area (Å²) in [6.45, 7) is 2.60. The zero-order chi connectivity index (χ0) is 12.3. The molecular formula is C12H14BrNOS2. The third kappa shape index (κ3) is 3.63. The van der Waals surface area contributed by atoms with Gasteiger partial charge in [0.2, 0.25) is 0 Å². The number of hydrogen-bond donors (Lipinski definition) is 1. The highest BCUT2D eigenvalue weighted by Crippen LogP contribution is 2.31. The quantitative estimate of drug-likeness (QED) is 0.892. The van der Waals surface area contributed by atoms with Crippen molar-refractivity contribution < 1.29 is 4.74 Å². The minimum Gasteiger partial charge on any atom is -0.366 e. The monoisotopic (exact) mass is 331 g/mol. The van der Waals surface area contributed by atoms with E-state index >= 15 is 0 Å². The molecule has 92 valence electrons. The highest BCUT2D eigenvalue weighted by atomic mass is 79.9. The highest BCUT2D eigenvalue weighted by Gasteiger charge is 2.19. The van der Waals surface area contributed by atoms with Crippen LogP contribution in [0.1, 0.15) is 22.8 Å². The summed E-state index contributed by atoms with van der Waals surface area (Å²) < 4.78 is 7.03. The van der Waals surface area contributed by atoms with Crippen molar-refractivity contribution in [3.05, 3.63) is 43.2 Å². The fourth-order valence-electron chi connectivity index (χ4n) is 1.54. The fourth-order valence-corrected chi connectivity index (χ4v) is 3.76. The first-order valence-electron chi connectivity index (χ1n) is 5.31. The van der Waals surface area contributed by atoms with E-state index in [2.05, 4.69) is 33.4 Å². The van der Waals surface area contributed by atoms with Gasteiger partial charge in [-0.25, -0.2) is 0 Å². The van der Waals surface area contributed by atoms with Crippen molar-refractivity contribution in [1.29, 1.82) is 0 Å². The Hall–Kier alpha value is -0.200. The number of rotatable bonds is 5. The molecule has 2 nitrogen and oxygen atoms in total. The van der Waals surface area contributed by atoms with Gasteiger partial charge in [-0.15, -0.1) is 22.7 Å². The molecule has 2 aromatic heterocycles. The molecule has 0 aliphatic carbocycles. The van der Waals surface area contributed by atoms with Crippen molar-refractivity contribution in [2.24, 2.45) is 5.73 Å². The van der Waals surface area contributed by atoms with Gasteiger partial charge in [-0.1, -0.05) is 6.07 Å². The average Bonchev–Trinajstić information content (AvgIpc) is 2.90. The number of thiophene rings is 2. The first-order chi connectivity index (χ1) is 8.16. The van der Waals surface area contributed by atoms with Crippen LogP contribution in [0.2, 0.25) is 0 Å². The van der Waals surface area contributed by atoms with Crippen molar-refractivity contribution in [3.8, 4) is 0 Å². The van der Waals surface area contributed by atoms with Gasteiger partial charge in [0.05, 0.1) is 10.4 Å². The van der Waals surface area contributed by atoms with E-state index < -0.39 is 0 Å². The summed E-state index contributed by atoms with van der Waals surface area (Å²) in [4.78, 5) is 2.40. The largest absolute Gasteiger partial charge is 0.366 e. The molecule has 2 unspecified atom stereocenters. The average molecular weight is 332 g/mol. The van der Waals surface area contributed by atoms with Gasteiger partial charge in [-0.05, 0) is 46.4 Å². The summed E-state index contributed by atoms with van der Waals surface area (Å²) in [5.74, 6) is 0. The van der Waals surface area contributed by atoms with Crippen molar-refractivity contribution in [3.63, 3.8) is 0 Å². The van der Waals surface area contributed by atoms with Gasteiger partial charge in [-0.2, -0.15) is 0 Å². The van der Waals surface area contributed by atoms with E-state index in [0.29, 0.717) is 6.61 Å². The number of hydrogen-bond acceptors (Lipinski definition) is 4. The Kier molecular flexibility index (Phi) is 4.76. The van der Waals surface area contributed by atoms with Crippen LogP contribution in [0.15, 0.2) is 33.4 Å². The molecule has 0 aliphatic heterocycles. The standard InChI is InChI=1S/C12H14BrNOS2/c1-8(14)12(10-4-5-11(13)17-10)15-7-9-3-2-6-16-9/h2-6,8,12H,7,14H2,1H3. The number of ether oxygens (including phenoxy) is 1. The van der Waals surface area contributed by atoms with Gasteiger partial charge in [0.1, 0.15) is 6.10 Å². The van der Waals surface area contributed by atoms with Crippen LogP contribution in [-0.4, -0.2) is 6.04 Å². The molecule has 2 N–H and O–H groups in total.